The number of carboxylic acids is 6. The number of carboxylic acid groups (broad SMARTS) is 6. The Morgan fingerprint density at radius 3 is 0.438 bits per heavy atom. The molecule has 0 aliphatic rings. The van der Waals surface area contributed by atoms with Crippen molar-refractivity contribution >= 4 is 35.8 Å². The van der Waals surface area contributed by atoms with Gasteiger partial charge in [0.1, 0.15) is 36.6 Å². The van der Waals surface area contributed by atoms with Gasteiger partial charge in [-0.15, -0.1) is 0 Å². The first-order valence-electron chi connectivity index (χ1n) is 6.73. The van der Waals surface area contributed by atoms with Crippen molar-refractivity contribution in [1.82, 2.24) is 0 Å². The van der Waals surface area contributed by atoms with Crippen LogP contribution in [0, 0.1) is 0 Å². The molecule has 18 nitrogen and oxygen atoms in total. The summed E-state index contributed by atoms with van der Waals surface area (Å²) >= 11 is 0. The maximum atomic E-state index is 9.63. The van der Waals surface area contributed by atoms with E-state index in [2.05, 4.69) is 0 Å². The molecule has 0 aromatic heterocycles. The number of aliphatic hydroxyl groups excluding tert-OH is 6. The first-order valence-corrected chi connectivity index (χ1v) is 6.73. The molecule has 0 radical (unpaired) electrons. The third-order valence-electron chi connectivity index (χ3n) is 2.35. The van der Waals surface area contributed by atoms with Crippen LogP contribution in [0.5, 0.6) is 0 Å². The van der Waals surface area contributed by atoms with Crippen molar-refractivity contribution in [2.24, 2.45) is 0 Å². The second-order valence-corrected chi connectivity index (χ2v) is 4.58. The second-order valence-electron chi connectivity index (χ2n) is 4.58. The average Bonchev–Trinajstić information content (AvgIpc) is 2.64. The third-order valence-corrected chi connectivity index (χ3v) is 2.35. The molecule has 0 bridgehead atoms. The Hall–Kier alpha value is -1.94. The molecule has 0 saturated heterocycles. The molecule has 6 unspecified atom stereocenters. The normalized spacial score (nSPS) is 14.8. The molecule has 32 heavy (non-hydrogen) atoms. The topological polar surface area (TPSA) is 362 Å². The van der Waals surface area contributed by atoms with E-state index in [-0.39, 0.29) is 44.8 Å². The van der Waals surface area contributed by atoms with Gasteiger partial charge in [0.05, 0.1) is 35.8 Å². The number of aliphatic hydroxyl groups is 6. The molecule has 0 spiro atoms. The van der Waals surface area contributed by atoms with Gasteiger partial charge in [-0.25, -0.2) is 0 Å². The number of carbonyl (C=O) groups excluding carboxylic acids is 6. The van der Waals surface area contributed by atoms with Gasteiger partial charge in [0, 0.05) is 0 Å². The van der Waals surface area contributed by atoms with Crippen molar-refractivity contribution in [3.8, 4) is 0 Å². The number of hydrogen-bond donors (Lipinski definition) is 6. The number of aliphatic carboxylic acids is 6. The zero-order valence-corrected chi connectivity index (χ0v) is 19.3. The molecule has 20 heteroatoms. The first kappa shape index (κ1) is 40.4. The SMILES string of the molecule is O=C([O-])C(O)C(O)C(=O)[O-].O=C([O-])C(O)C(O)C(=O)[O-].O=C([O-])C(O)C(O)C(=O)[O-].[Nb+3].[Nb+3]. The fourth-order valence-corrected chi connectivity index (χ4v) is 0.773. The minimum Gasteiger partial charge on any atom is -0.547 e. The van der Waals surface area contributed by atoms with E-state index in [4.69, 9.17) is 30.6 Å². The van der Waals surface area contributed by atoms with Crippen molar-refractivity contribution < 1.29 is 135 Å². The van der Waals surface area contributed by atoms with Crippen LogP contribution in [0.3, 0.4) is 0 Å². The monoisotopic (exact) mass is 630 g/mol. The summed E-state index contributed by atoms with van der Waals surface area (Å²) in [4.78, 5) is 57.8. The van der Waals surface area contributed by atoms with Crippen molar-refractivity contribution in [1.29, 1.82) is 0 Å². The van der Waals surface area contributed by atoms with Gasteiger partial charge >= 0.3 is 44.8 Å². The zero-order valence-electron chi connectivity index (χ0n) is 14.9. The van der Waals surface area contributed by atoms with Crippen LogP contribution in [0.2, 0.25) is 0 Å². The summed E-state index contributed by atoms with van der Waals surface area (Å²) < 4.78 is 0. The predicted octanol–water partition coefficient (Wildman–Crippen LogP) is -14.4. The van der Waals surface area contributed by atoms with Crippen LogP contribution in [0.1, 0.15) is 0 Å². The molecule has 6 N–H and O–H groups in total. The number of carbonyl (C=O) groups is 6. The van der Waals surface area contributed by atoms with Gasteiger partial charge in [0.25, 0.3) is 0 Å². The summed E-state index contributed by atoms with van der Waals surface area (Å²) in [6.07, 6.45) is -14.6. The van der Waals surface area contributed by atoms with Crippen LogP contribution < -0.4 is 30.6 Å². The minimum absolute atomic E-state index is 0. The van der Waals surface area contributed by atoms with Gasteiger partial charge in [-0.2, -0.15) is 0 Å². The van der Waals surface area contributed by atoms with E-state index in [9.17, 15) is 59.4 Å². The van der Waals surface area contributed by atoms with Gasteiger partial charge in [-0.05, 0) is 0 Å². The predicted molar refractivity (Wildman–Crippen MR) is 66.1 cm³/mol. The molecular formula is C12H12Nb2O18. The maximum absolute atomic E-state index is 9.63. The van der Waals surface area contributed by atoms with Crippen molar-refractivity contribution in [3.63, 3.8) is 0 Å². The second kappa shape index (κ2) is 19.7. The Morgan fingerprint density at radius 2 is 0.406 bits per heavy atom. The fourth-order valence-electron chi connectivity index (χ4n) is 0.773. The van der Waals surface area contributed by atoms with E-state index in [0.717, 1.165) is 0 Å². The summed E-state index contributed by atoms with van der Waals surface area (Å²) in [5.74, 6) is -12.4. The van der Waals surface area contributed by atoms with Crippen LogP contribution >= 0.6 is 0 Å². The van der Waals surface area contributed by atoms with E-state index < -0.39 is 72.4 Å². The molecule has 0 fully saturated rings. The molecule has 6 atom stereocenters. The summed E-state index contributed by atoms with van der Waals surface area (Å²) in [7, 11) is 0. The van der Waals surface area contributed by atoms with E-state index in [1.54, 1.807) is 0 Å². The Bertz CT molecular complexity index is 498. The van der Waals surface area contributed by atoms with Crippen LogP contribution in [-0.4, -0.2) is 103 Å². The van der Waals surface area contributed by atoms with Crippen LogP contribution in [0.15, 0.2) is 0 Å². The van der Waals surface area contributed by atoms with Gasteiger partial charge in [0.15, 0.2) is 0 Å². The van der Waals surface area contributed by atoms with Crippen LogP contribution in [0.4, 0.5) is 0 Å². The molecule has 0 aromatic rings. The number of hydrogen-bond acceptors (Lipinski definition) is 18. The van der Waals surface area contributed by atoms with E-state index in [0.29, 0.717) is 0 Å². The standard InChI is InChI=1S/3C4H6O6.2Nb/c3*5-1(3(7)8)2(6)4(9)10;;/h3*1-2,5-6H,(H,7,8)(H,9,10);;/q;;;2*+3/p-6. The molecule has 0 saturated carbocycles. The first-order chi connectivity index (χ1) is 13.4. The molecular weight excluding hydrogens is 618 g/mol. The molecule has 0 heterocycles. The van der Waals surface area contributed by atoms with Gasteiger partial charge in [-0.3, -0.25) is 0 Å². The Balaban J connectivity index is -0.000000110. The van der Waals surface area contributed by atoms with E-state index >= 15 is 0 Å². The van der Waals surface area contributed by atoms with Gasteiger partial charge < -0.3 is 90.0 Å². The van der Waals surface area contributed by atoms with E-state index in [1.807, 2.05) is 0 Å². The minimum atomic E-state index is -2.44. The largest absolute Gasteiger partial charge is 3.00 e. The molecule has 0 amide bonds. The molecule has 0 aromatic carbocycles. The molecule has 178 valence electrons. The fraction of sp³-hybridized carbons (Fsp3) is 0.500. The van der Waals surface area contributed by atoms with E-state index in [1.165, 1.54) is 0 Å². The van der Waals surface area contributed by atoms with Gasteiger partial charge in [0.2, 0.25) is 0 Å². The smallest absolute Gasteiger partial charge is 0.547 e. The average molecular weight is 630 g/mol. The molecule has 0 aliphatic heterocycles. The summed E-state index contributed by atoms with van der Waals surface area (Å²) in [6.45, 7) is 0. The molecule has 0 rings (SSSR count). The number of rotatable bonds is 9. The Labute approximate surface area is 207 Å². The van der Waals surface area contributed by atoms with Crippen LogP contribution in [-0.2, 0) is 73.5 Å². The molecule has 0 aliphatic carbocycles. The zero-order chi connectivity index (χ0) is 24.9. The van der Waals surface area contributed by atoms with Crippen molar-refractivity contribution in [3.05, 3.63) is 0 Å². The van der Waals surface area contributed by atoms with Crippen LogP contribution in [0.25, 0.3) is 0 Å². The quantitative estimate of drug-likeness (QED) is 0.129. The van der Waals surface area contributed by atoms with Crippen molar-refractivity contribution in [2.75, 3.05) is 0 Å². The summed E-state index contributed by atoms with van der Waals surface area (Å²) in [5.41, 5.74) is 0. The Morgan fingerprint density at radius 1 is 0.344 bits per heavy atom. The van der Waals surface area contributed by atoms with Crippen molar-refractivity contribution in [2.45, 2.75) is 36.6 Å². The third kappa shape index (κ3) is 17.7. The Kier molecular flexibility index (Phi) is 24.9. The summed E-state index contributed by atoms with van der Waals surface area (Å²) in [5, 5.41) is 107. The summed E-state index contributed by atoms with van der Waals surface area (Å²) in [6, 6.07) is 0. The van der Waals surface area contributed by atoms with Gasteiger partial charge in [-0.1, -0.05) is 0 Å². The maximum Gasteiger partial charge on any atom is 3.00 e.